The minimum absolute atomic E-state index is 0.130. The summed E-state index contributed by atoms with van der Waals surface area (Å²) in [6.07, 6.45) is 1.28. The lowest BCUT2D eigenvalue weighted by Crippen LogP contribution is -1.98. The van der Waals surface area contributed by atoms with Gasteiger partial charge in [-0.3, -0.25) is 4.98 Å². The zero-order valence-corrected chi connectivity index (χ0v) is 6.65. The van der Waals surface area contributed by atoms with Crippen LogP contribution in [0.1, 0.15) is 18.2 Å². The van der Waals surface area contributed by atoms with Crippen molar-refractivity contribution < 1.29 is 16.7 Å². The monoisotopic (exact) mass is 170 g/mol. The topological polar surface area (TPSA) is 73.6 Å². The van der Waals surface area contributed by atoms with Gasteiger partial charge in [0.2, 0.25) is 0 Å². The van der Waals surface area contributed by atoms with Gasteiger partial charge in [-0.1, -0.05) is 0 Å². The molecule has 1 atom stereocenters. The number of aliphatic hydroxyl groups excluding tert-OH is 2. The normalized spacial score (nSPS) is 14.1. The summed E-state index contributed by atoms with van der Waals surface area (Å²) in [5, 5.41) is 27.3. The Labute approximate surface area is 71.5 Å². The Morgan fingerprint density at radius 3 is 2.75 bits per heavy atom. The van der Waals surface area contributed by atoms with Crippen LogP contribution in [0.5, 0.6) is 5.75 Å². The van der Waals surface area contributed by atoms with Crippen molar-refractivity contribution >= 4 is 0 Å². The number of hydrogen-bond acceptors (Lipinski definition) is 4. The molecule has 0 radical (unpaired) electrons. The lowest BCUT2D eigenvalue weighted by atomic mass is 10.1. The standard InChI is InChI=1S/C8H11NO3/c1-5-8(12)7(4-11)6(3-10)2-9-5/h2,10-12H,3-4H2,1H3/i3D. The van der Waals surface area contributed by atoms with Gasteiger partial charge in [0.25, 0.3) is 0 Å². The highest BCUT2D eigenvalue weighted by Gasteiger charge is 2.09. The van der Waals surface area contributed by atoms with Crippen LogP contribution in [0.2, 0.25) is 0 Å². The van der Waals surface area contributed by atoms with Crippen molar-refractivity contribution in [3.63, 3.8) is 0 Å². The van der Waals surface area contributed by atoms with Gasteiger partial charge in [-0.25, -0.2) is 0 Å². The molecule has 12 heavy (non-hydrogen) atoms. The molecule has 1 aromatic rings. The molecule has 0 saturated heterocycles. The van der Waals surface area contributed by atoms with E-state index in [1.54, 1.807) is 6.92 Å². The molecule has 1 heterocycles. The van der Waals surface area contributed by atoms with Gasteiger partial charge in [-0.2, -0.15) is 0 Å². The quantitative estimate of drug-likeness (QED) is 0.587. The number of nitrogens with zero attached hydrogens (tertiary/aromatic N) is 1. The molecule has 4 heteroatoms. The molecule has 1 unspecified atom stereocenters. The van der Waals surface area contributed by atoms with Crippen molar-refractivity contribution in [2.75, 3.05) is 0 Å². The summed E-state index contributed by atoms with van der Waals surface area (Å²) >= 11 is 0. The lowest BCUT2D eigenvalue weighted by molar-refractivity contribution is 0.254. The van der Waals surface area contributed by atoms with E-state index < -0.39 is 13.2 Å². The minimum atomic E-state index is -1.49. The molecule has 0 saturated carbocycles. The molecule has 3 N–H and O–H groups in total. The molecule has 0 aliphatic rings. The lowest BCUT2D eigenvalue weighted by Gasteiger charge is -2.07. The molecular weight excluding hydrogens is 158 g/mol. The van der Waals surface area contributed by atoms with E-state index in [-0.39, 0.29) is 16.9 Å². The SMILES string of the molecule is [2H]C(O)c1cnc(C)c(O)c1CO. The Hall–Kier alpha value is -1.13. The van der Waals surface area contributed by atoms with E-state index in [0.717, 1.165) is 0 Å². The zero-order chi connectivity index (χ0) is 10.0. The van der Waals surface area contributed by atoms with E-state index >= 15 is 0 Å². The first-order chi connectivity index (χ1) is 6.07. The van der Waals surface area contributed by atoms with Gasteiger partial charge >= 0.3 is 0 Å². The third-order valence-electron chi connectivity index (χ3n) is 1.67. The predicted octanol–water partition coefficient (Wildman–Crippen LogP) is 0.0802. The molecule has 1 rings (SSSR count). The smallest absolute Gasteiger partial charge is 0.142 e. The van der Waals surface area contributed by atoms with E-state index in [0.29, 0.717) is 5.69 Å². The first kappa shape index (κ1) is 7.52. The van der Waals surface area contributed by atoms with Crippen molar-refractivity contribution in [3.05, 3.63) is 23.0 Å². The summed E-state index contributed by atoms with van der Waals surface area (Å²) in [4.78, 5) is 3.77. The molecule has 66 valence electrons. The number of rotatable bonds is 2. The average Bonchev–Trinajstić information content (AvgIpc) is 2.09. The second-order valence-corrected chi connectivity index (χ2v) is 2.41. The van der Waals surface area contributed by atoms with E-state index in [9.17, 15) is 5.11 Å². The van der Waals surface area contributed by atoms with Crippen LogP contribution >= 0.6 is 0 Å². The number of aromatic nitrogens is 1. The van der Waals surface area contributed by atoms with Crippen molar-refractivity contribution in [2.45, 2.75) is 20.1 Å². The third-order valence-corrected chi connectivity index (χ3v) is 1.67. The van der Waals surface area contributed by atoms with Crippen molar-refractivity contribution in [2.24, 2.45) is 0 Å². The Morgan fingerprint density at radius 1 is 1.58 bits per heavy atom. The maximum atomic E-state index is 9.41. The Balaban J connectivity index is 3.30. The second kappa shape index (κ2) is 3.51. The van der Waals surface area contributed by atoms with Crippen LogP contribution in [-0.2, 0) is 13.2 Å². The van der Waals surface area contributed by atoms with Crippen LogP contribution in [0.4, 0.5) is 0 Å². The molecule has 0 fully saturated rings. The Morgan fingerprint density at radius 2 is 2.25 bits per heavy atom. The maximum Gasteiger partial charge on any atom is 0.142 e. The van der Waals surface area contributed by atoms with Gasteiger partial charge in [0.05, 0.1) is 20.3 Å². The Bertz CT molecular complexity index is 315. The number of aryl methyl sites for hydroxylation is 1. The number of pyridine rings is 1. The van der Waals surface area contributed by atoms with E-state index in [1.165, 1.54) is 6.20 Å². The highest BCUT2D eigenvalue weighted by molar-refractivity contribution is 5.39. The fraction of sp³-hybridized carbons (Fsp3) is 0.375. The fourth-order valence-electron chi connectivity index (χ4n) is 0.938. The van der Waals surface area contributed by atoms with Crippen molar-refractivity contribution in [1.29, 1.82) is 0 Å². The molecule has 4 nitrogen and oxygen atoms in total. The van der Waals surface area contributed by atoms with E-state index in [2.05, 4.69) is 4.98 Å². The van der Waals surface area contributed by atoms with Gasteiger partial charge in [0, 0.05) is 17.3 Å². The summed E-state index contributed by atoms with van der Waals surface area (Å²) in [5.41, 5.74) is 0.661. The van der Waals surface area contributed by atoms with Crippen LogP contribution in [0.3, 0.4) is 0 Å². The Kier molecular flexibility index (Phi) is 2.20. The first-order valence-corrected chi connectivity index (χ1v) is 3.46. The summed E-state index contributed by atoms with van der Waals surface area (Å²) in [6.45, 7) is -0.323. The summed E-state index contributed by atoms with van der Waals surface area (Å²) in [5.74, 6) is -0.161. The molecular formula is C8H11NO3. The summed E-state index contributed by atoms with van der Waals surface area (Å²) in [7, 11) is 0. The predicted molar refractivity (Wildman–Crippen MR) is 42.5 cm³/mol. The summed E-state index contributed by atoms with van der Waals surface area (Å²) < 4.78 is 7.02. The van der Waals surface area contributed by atoms with Crippen molar-refractivity contribution in [3.8, 4) is 5.75 Å². The molecule has 0 aliphatic carbocycles. The van der Waals surface area contributed by atoms with Crippen LogP contribution < -0.4 is 0 Å². The highest BCUT2D eigenvalue weighted by Crippen LogP contribution is 2.23. The maximum absolute atomic E-state index is 9.41. The fourth-order valence-corrected chi connectivity index (χ4v) is 0.938. The first-order valence-electron chi connectivity index (χ1n) is 4.04. The van der Waals surface area contributed by atoms with Gasteiger partial charge in [0.15, 0.2) is 0 Å². The molecule has 0 aromatic carbocycles. The largest absolute Gasteiger partial charge is 0.506 e. The van der Waals surface area contributed by atoms with Gasteiger partial charge in [-0.15, -0.1) is 0 Å². The van der Waals surface area contributed by atoms with E-state index in [1.807, 2.05) is 0 Å². The van der Waals surface area contributed by atoms with Crippen molar-refractivity contribution in [1.82, 2.24) is 4.98 Å². The van der Waals surface area contributed by atoms with Crippen LogP contribution in [0.15, 0.2) is 6.20 Å². The molecule has 1 aromatic heterocycles. The number of hydrogen-bond donors (Lipinski definition) is 3. The molecule has 0 amide bonds. The molecule has 0 aliphatic heterocycles. The number of aromatic hydroxyl groups is 1. The van der Waals surface area contributed by atoms with Gasteiger partial charge in [0.1, 0.15) is 5.75 Å². The summed E-state index contributed by atoms with van der Waals surface area (Å²) in [6, 6.07) is 0. The highest BCUT2D eigenvalue weighted by atomic mass is 16.3. The zero-order valence-electron chi connectivity index (χ0n) is 7.65. The van der Waals surface area contributed by atoms with Crippen LogP contribution in [0, 0.1) is 6.92 Å². The number of aliphatic hydroxyl groups is 2. The minimum Gasteiger partial charge on any atom is -0.506 e. The van der Waals surface area contributed by atoms with Crippen LogP contribution in [0.25, 0.3) is 0 Å². The van der Waals surface area contributed by atoms with Gasteiger partial charge in [-0.05, 0) is 6.92 Å². The van der Waals surface area contributed by atoms with Gasteiger partial charge < -0.3 is 15.3 Å². The molecule has 0 bridgehead atoms. The second-order valence-electron chi connectivity index (χ2n) is 2.41. The molecule has 0 spiro atoms. The van der Waals surface area contributed by atoms with Crippen LogP contribution in [-0.4, -0.2) is 20.3 Å². The van der Waals surface area contributed by atoms with E-state index in [4.69, 9.17) is 11.6 Å². The average molecular weight is 170 g/mol. The third kappa shape index (κ3) is 1.39.